The van der Waals surface area contributed by atoms with Crippen LogP contribution in [-0.2, 0) is 14.6 Å². The number of benzene rings is 1. The lowest BCUT2D eigenvalue weighted by molar-refractivity contribution is 0.0754. The lowest BCUT2D eigenvalue weighted by atomic mass is 9.99. The lowest BCUT2D eigenvalue weighted by Crippen LogP contribution is -2.57. The van der Waals surface area contributed by atoms with Crippen LogP contribution >= 0.6 is 35.6 Å². The first-order valence-electron chi connectivity index (χ1n) is 10.00. The number of hydrogen-bond acceptors (Lipinski definition) is 5. The minimum absolute atomic E-state index is 0. The number of ether oxygens (including phenoxy) is 1. The molecule has 0 bridgehead atoms. The van der Waals surface area contributed by atoms with E-state index in [1.165, 1.54) is 17.5 Å². The second-order valence-electron chi connectivity index (χ2n) is 7.87. The minimum Gasteiger partial charge on any atom is -0.381 e. The van der Waals surface area contributed by atoms with Gasteiger partial charge in [-0.1, -0.05) is 17.7 Å². The molecule has 0 radical (unpaired) electrons. The third-order valence-corrected chi connectivity index (χ3v) is 8.42. The third-order valence-electron chi connectivity index (χ3n) is 6.06. The molecule has 0 spiro atoms. The van der Waals surface area contributed by atoms with Crippen LogP contribution in [0, 0.1) is 6.92 Å². The number of nitrogens with zero attached hydrogens (tertiary/aromatic N) is 3. The first kappa shape index (κ1) is 25.5. The van der Waals surface area contributed by atoms with E-state index in [0.717, 1.165) is 37.2 Å². The molecule has 0 amide bonds. The van der Waals surface area contributed by atoms with E-state index in [-0.39, 0.29) is 24.0 Å². The number of anilines is 1. The van der Waals surface area contributed by atoms with Gasteiger partial charge in [-0.25, -0.2) is 8.42 Å². The third kappa shape index (κ3) is 5.72. The first-order chi connectivity index (χ1) is 13.8. The van der Waals surface area contributed by atoms with Crippen LogP contribution in [0.25, 0.3) is 0 Å². The van der Waals surface area contributed by atoms with Crippen molar-refractivity contribution in [1.29, 1.82) is 0 Å². The van der Waals surface area contributed by atoms with E-state index in [1.54, 1.807) is 7.05 Å². The summed E-state index contributed by atoms with van der Waals surface area (Å²) in [4.78, 5) is 8.93. The predicted octanol–water partition coefficient (Wildman–Crippen LogP) is 2.56. The molecule has 1 N–H and O–H groups in total. The Labute approximate surface area is 202 Å². The fourth-order valence-corrected chi connectivity index (χ4v) is 5.49. The summed E-state index contributed by atoms with van der Waals surface area (Å²) in [6.45, 7) is 6.73. The van der Waals surface area contributed by atoms with Crippen LogP contribution in [-0.4, -0.2) is 83.3 Å². The van der Waals surface area contributed by atoms with Gasteiger partial charge in [0.25, 0.3) is 0 Å². The van der Waals surface area contributed by atoms with E-state index in [1.807, 2.05) is 18.2 Å². The smallest absolute Gasteiger partial charge is 0.193 e. The summed E-state index contributed by atoms with van der Waals surface area (Å²) in [7, 11) is -1.47. The van der Waals surface area contributed by atoms with Crippen molar-refractivity contribution in [2.45, 2.75) is 24.5 Å². The van der Waals surface area contributed by atoms with Gasteiger partial charge in [0.2, 0.25) is 0 Å². The summed E-state index contributed by atoms with van der Waals surface area (Å²) in [5.74, 6) is 0.752. The highest BCUT2D eigenvalue weighted by Crippen LogP contribution is 2.29. The van der Waals surface area contributed by atoms with Crippen molar-refractivity contribution in [3.8, 4) is 0 Å². The molecule has 7 nitrogen and oxygen atoms in total. The Morgan fingerprint density at radius 2 is 1.87 bits per heavy atom. The van der Waals surface area contributed by atoms with Gasteiger partial charge in [-0.3, -0.25) is 4.99 Å². The summed E-state index contributed by atoms with van der Waals surface area (Å²) in [5, 5.41) is 4.08. The maximum absolute atomic E-state index is 12.5. The van der Waals surface area contributed by atoms with Crippen LogP contribution < -0.4 is 10.2 Å². The van der Waals surface area contributed by atoms with E-state index in [4.69, 9.17) is 16.3 Å². The van der Waals surface area contributed by atoms with Gasteiger partial charge in [-0.15, -0.1) is 24.0 Å². The molecule has 0 atom stereocenters. The molecule has 10 heteroatoms. The molecule has 0 aromatic heterocycles. The molecule has 2 saturated heterocycles. The van der Waals surface area contributed by atoms with E-state index in [2.05, 4.69) is 27.0 Å². The average Bonchev–Trinajstić information content (AvgIpc) is 2.71. The Hall–Kier alpha value is -0.780. The normalized spacial score (nSPS) is 19.9. The van der Waals surface area contributed by atoms with Crippen LogP contribution in [0.4, 0.5) is 5.69 Å². The number of hydrogen-bond donors (Lipinski definition) is 1. The predicted molar refractivity (Wildman–Crippen MR) is 134 cm³/mol. The van der Waals surface area contributed by atoms with Crippen molar-refractivity contribution in [2.24, 2.45) is 4.99 Å². The highest BCUT2D eigenvalue weighted by molar-refractivity contribution is 14.0. The topological polar surface area (TPSA) is 74.2 Å². The van der Waals surface area contributed by atoms with E-state index < -0.39 is 14.6 Å². The Balaban J connectivity index is 0.00000320. The zero-order valence-corrected chi connectivity index (χ0v) is 21.8. The SMILES string of the molecule is CN=C(NCC1(S(C)(=O)=O)CCOCC1)N1CCN(c2cc(Cl)ccc2C)CC1.I. The van der Waals surface area contributed by atoms with Crippen molar-refractivity contribution >= 4 is 57.1 Å². The second-order valence-corrected chi connectivity index (χ2v) is 10.7. The number of guanidine groups is 1. The molecule has 0 unspecified atom stereocenters. The van der Waals surface area contributed by atoms with Gasteiger partial charge in [-0.2, -0.15) is 0 Å². The van der Waals surface area contributed by atoms with Gasteiger partial charge in [0, 0.05) is 70.0 Å². The molecule has 2 fully saturated rings. The van der Waals surface area contributed by atoms with Crippen molar-refractivity contribution in [2.75, 3.05) is 64.1 Å². The number of rotatable bonds is 4. The van der Waals surface area contributed by atoms with Crippen LogP contribution in [0.2, 0.25) is 5.02 Å². The second kappa shape index (κ2) is 10.7. The molecule has 1 aromatic rings. The van der Waals surface area contributed by atoms with Crippen molar-refractivity contribution < 1.29 is 13.2 Å². The minimum atomic E-state index is -3.21. The largest absolute Gasteiger partial charge is 0.381 e. The van der Waals surface area contributed by atoms with Gasteiger partial charge < -0.3 is 19.9 Å². The molecule has 2 aliphatic rings. The van der Waals surface area contributed by atoms with Gasteiger partial charge in [0.15, 0.2) is 15.8 Å². The first-order valence-corrected chi connectivity index (χ1v) is 12.3. The Morgan fingerprint density at radius 1 is 1.23 bits per heavy atom. The zero-order valence-electron chi connectivity index (χ0n) is 17.9. The summed E-state index contributed by atoms with van der Waals surface area (Å²) >= 11 is 6.18. The van der Waals surface area contributed by atoms with E-state index in [9.17, 15) is 8.42 Å². The van der Waals surface area contributed by atoms with Crippen LogP contribution in [0.1, 0.15) is 18.4 Å². The number of sulfone groups is 1. The highest BCUT2D eigenvalue weighted by atomic mass is 127. The monoisotopic (exact) mass is 570 g/mol. The maximum Gasteiger partial charge on any atom is 0.193 e. The van der Waals surface area contributed by atoms with Gasteiger partial charge >= 0.3 is 0 Å². The van der Waals surface area contributed by atoms with Crippen molar-refractivity contribution in [3.63, 3.8) is 0 Å². The molecule has 0 aliphatic carbocycles. The number of halogens is 2. The van der Waals surface area contributed by atoms with Crippen molar-refractivity contribution in [3.05, 3.63) is 28.8 Å². The Bertz CT molecular complexity index is 852. The van der Waals surface area contributed by atoms with Crippen LogP contribution in [0.5, 0.6) is 0 Å². The van der Waals surface area contributed by atoms with Crippen LogP contribution in [0.3, 0.4) is 0 Å². The Morgan fingerprint density at radius 3 is 2.43 bits per heavy atom. The van der Waals surface area contributed by atoms with Crippen LogP contribution in [0.15, 0.2) is 23.2 Å². The lowest BCUT2D eigenvalue weighted by Gasteiger charge is -2.40. The molecule has 30 heavy (non-hydrogen) atoms. The van der Waals surface area contributed by atoms with Gasteiger partial charge in [-0.05, 0) is 37.5 Å². The molecule has 2 aliphatic heterocycles. The Kier molecular flexibility index (Phi) is 9.08. The summed E-state index contributed by atoms with van der Waals surface area (Å²) < 4.78 is 29.6. The molecule has 170 valence electrons. The quantitative estimate of drug-likeness (QED) is 0.341. The zero-order chi connectivity index (χ0) is 21.1. The molecule has 2 heterocycles. The standard InChI is InChI=1S/C20H31ClN4O3S.HI/c1-16-4-5-17(21)14-18(16)24-8-10-25(11-9-24)19(22-2)23-15-20(29(3,26)27)6-12-28-13-7-20;/h4-5,14H,6-13,15H2,1-3H3,(H,22,23);1H. The van der Waals surface area contributed by atoms with Crippen molar-refractivity contribution in [1.82, 2.24) is 10.2 Å². The van der Waals surface area contributed by atoms with E-state index in [0.29, 0.717) is 32.6 Å². The summed E-state index contributed by atoms with van der Waals surface area (Å²) in [6.07, 6.45) is 2.35. The highest BCUT2D eigenvalue weighted by Gasteiger charge is 2.42. The molecule has 3 rings (SSSR count). The molecular weight excluding hydrogens is 539 g/mol. The summed E-state index contributed by atoms with van der Waals surface area (Å²) in [5.41, 5.74) is 2.37. The fraction of sp³-hybridized carbons (Fsp3) is 0.650. The number of aliphatic imine (C=N–C) groups is 1. The number of nitrogens with one attached hydrogen (secondary N) is 1. The summed E-state index contributed by atoms with van der Waals surface area (Å²) in [6, 6.07) is 5.97. The fourth-order valence-electron chi connectivity index (χ4n) is 4.08. The average molecular weight is 571 g/mol. The van der Waals surface area contributed by atoms with E-state index >= 15 is 0 Å². The molecule has 1 aromatic carbocycles. The number of aryl methyl sites for hydroxylation is 1. The maximum atomic E-state index is 12.5. The molecule has 0 saturated carbocycles. The number of piperazine rings is 1. The van der Waals surface area contributed by atoms with Gasteiger partial charge in [0.05, 0.1) is 4.75 Å². The van der Waals surface area contributed by atoms with Gasteiger partial charge in [0.1, 0.15) is 0 Å². The molecular formula is C20H32ClIN4O3S.